The summed E-state index contributed by atoms with van der Waals surface area (Å²) in [6.07, 6.45) is 4.90. The van der Waals surface area contributed by atoms with E-state index in [1.165, 1.54) is 24.0 Å². The van der Waals surface area contributed by atoms with Gasteiger partial charge in [0.05, 0.1) is 6.10 Å². The molecular formula is C15H20O2. The molecule has 1 N–H and O–H groups in total. The van der Waals surface area contributed by atoms with E-state index in [2.05, 4.69) is 24.3 Å². The summed E-state index contributed by atoms with van der Waals surface area (Å²) in [6, 6.07) is 8.63. The van der Waals surface area contributed by atoms with Gasteiger partial charge in [0.25, 0.3) is 0 Å². The van der Waals surface area contributed by atoms with E-state index in [9.17, 15) is 5.11 Å². The summed E-state index contributed by atoms with van der Waals surface area (Å²) in [6.45, 7) is 1.07. The first-order valence-electron chi connectivity index (χ1n) is 6.71. The topological polar surface area (TPSA) is 29.5 Å². The normalized spacial score (nSPS) is 29.2. The number of rotatable bonds is 3. The fourth-order valence-electron chi connectivity index (χ4n) is 2.91. The Morgan fingerprint density at radius 3 is 2.59 bits per heavy atom. The zero-order valence-corrected chi connectivity index (χ0v) is 10.1. The van der Waals surface area contributed by atoms with Gasteiger partial charge in [-0.05, 0) is 42.7 Å². The third kappa shape index (κ3) is 2.24. The molecule has 2 fully saturated rings. The van der Waals surface area contributed by atoms with Crippen molar-refractivity contribution in [3.63, 3.8) is 0 Å². The van der Waals surface area contributed by atoms with E-state index in [1.807, 2.05) is 0 Å². The highest BCUT2D eigenvalue weighted by molar-refractivity contribution is 5.35. The first-order valence-corrected chi connectivity index (χ1v) is 6.71. The second-order valence-corrected chi connectivity index (χ2v) is 5.28. The van der Waals surface area contributed by atoms with Crippen LogP contribution in [0.15, 0.2) is 24.3 Å². The van der Waals surface area contributed by atoms with Crippen molar-refractivity contribution < 1.29 is 9.84 Å². The SMILES string of the molecule is OCC1CCCOC1c1ccccc1C1CC1. The first kappa shape index (κ1) is 11.2. The Labute approximate surface area is 103 Å². The molecule has 17 heavy (non-hydrogen) atoms. The fraction of sp³-hybridized carbons (Fsp3) is 0.600. The molecule has 2 heteroatoms. The molecular weight excluding hydrogens is 212 g/mol. The number of ether oxygens (including phenoxy) is 1. The third-order valence-electron chi connectivity index (χ3n) is 4.00. The van der Waals surface area contributed by atoms with Gasteiger partial charge in [-0.2, -0.15) is 0 Å². The van der Waals surface area contributed by atoms with E-state index in [4.69, 9.17) is 4.74 Å². The summed E-state index contributed by atoms with van der Waals surface area (Å²) in [4.78, 5) is 0. The van der Waals surface area contributed by atoms with E-state index in [1.54, 1.807) is 0 Å². The lowest BCUT2D eigenvalue weighted by Crippen LogP contribution is -2.26. The van der Waals surface area contributed by atoms with Crippen LogP contribution in [0, 0.1) is 5.92 Å². The van der Waals surface area contributed by atoms with Gasteiger partial charge in [0.2, 0.25) is 0 Å². The summed E-state index contributed by atoms with van der Waals surface area (Å²) in [5.41, 5.74) is 2.78. The molecule has 2 nitrogen and oxygen atoms in total. The molecule has 0 radical (unpaired) electrons. The van der Waals surface area contributed by atoms with E-state index >= 15 is 0 Å². The lowest BCUT2D eigenvalue weighted by Gasteiger charge is -2.32. The molecule has 92 valence electrons. The number of hydrogen-bond donors (Lipinski definition) is 1. The molecule has 0 spiro atoms. The van der Waals surface area contributed by atoms with Crippen molar-refractivity contribution in [3.05, 3.63) is 35.4 Å². The maximum Gasteiger partial charge on any atom is 0.0877 e. The molecule has 2 unspecified atom stereocenters. The second kappa shape index (κ2) is 4.79. The monoisotopic (exact) mass is 232 g/mol. The van der Waals surface area contributed by atoms with Crippen LogP contribution in [-0.4, -0.2) is 18.3 Å². The molecule has 2 atom stereocenters. The van der Waals surface area contributed by atoms with Crippen LogP contribution in [0.25, 0.3) is 0 Å². The van der Waals surface area contributed by atoms with Crippen molar-refractivity contribution in [2.75, 3.05) is 13.2 Å². The molecule has 1 saturated heterocycles. The van der Waals surface area contributed by atoms with E-state index < -0.39 is 0 Å². The minimum atomic E-state index is 0.116. The number of aliphatic hydroxyl groups excluding tert-OH is 1. The van der Waals surface area contributed by atoms with Crippen LogP contribution in [0.5, 0.6) is 0 Å². The molecule has 1 saturated carbocycles. The van der Waals surface area contributed by atoms with Gasteiger partial charge in [0.15, 0.2) is 0 Å². The van der Waals surface area contributed by atoms with Crippen molar-refractivity contribution in [1.29, 1.82) is 0 Å². The number of hydrogen-bond acceptors (Lipinski definition) is 2. The lowest BCUT2D eigenvalue weighted by molar-refractivity contribution is -0.0461. The lowest BCUT2D eigenvalue weighted by atomic mass is 9.87. The van der Waals surface area contributed by atoms with Crippen LogP contribution >= 0.6 is 0 Å². The molecule has 0 amide bonds. The van der Waals surface area contributed by atoms with Crippen LogP contribution in [0.3, 0.4) is 0 Å². The van der Waals surface area contributed by atoms with Gasteiger partial charge in [-0.1, -0.05) is 24.3 Å². The highest BCUT2D eigenvalue weighted by atomic mass is 16.5. The summed E-state index contributed by atoms with van der Waals surface area (Å²) >= 11 is 0. The van der Waals surface area contributed by atoms with Gasteiger partial charge >= 0.3 is 0 Å². The van der Waals surface area contributed by atoms with Crippen molar-refractivity contribution >= 4 is 0 Å². The molecule has 1 aliphatic heterocycles. The van der Waals surface area contributed by atoms with Crippen LogP contribution < -0.4 is 0 Å². The summed E-state index contributed by atoms with van der Waals surface area (Å²) in [5.74, 6) is 1.03. The van der Waals surface area contributed by atoms with Gasteiger partial charge in [0, 0.05) is 19.1 Å². The molecule has 2 aliphatic rings. The fourth-order valence-corrected chi connectivity index (χ4v) is 2.91. The van der Waals surface area contributed by atoms with Crippen LogP contribution in [0.1, 0.15) is 48.8 Å². The zero-order chi connectivity index (χ0) is 11.7. The highest BCUT2D eigenvalue weighted by Crippen LogP contribution is 2.45. The predicted molar refractivity (Wildman–Crippen MR) is 66.9 cm³/mol. The Kier molecular flexibility index (Phi) is 3.17. The minimum Gasteiger partial charge on any atom is -0.396 e. The van der Waals surface area contributed by atoms with Crippen LogP contribution in [-0.2, 0) is 4.74 Å². The number of benzene rings is 1. The average Bonchev–Trinajstić information content (AvgIpc) is 3.23. The molecule has 3 rings (SSSR count). The third-order valence-corrected chi connectivity index (χ3v) is 4.00. The minimum absolute atomic E-state index is 0.116. The smallest absolute Gasteiger partial charge is 0.0877 e. The standard InChI is InChI=1S/C15H20O2/c16-10-12-4-3-9-17-15(12)14-6-2-1-5-13(14)11-7-8-11/h1-2,5-6,11-12,15-16H,3-4,7-10H2. The van der Waals surface area contributed by atoms with Crippen molar-refractivity contribution in [2.24, 2.45) is 5.92 Å². The molecule has 1 heterocycles. The average molecular weight is 232 g/mol. The van der Waals surface area contributed by atoms with Crippen molar-refractivity contribution in [2.45, 2.75) is 37.7 Å². The van der Waals surface area contributed by atoms with Crippen molar-refractivity contribution in [1.82, 2.24) is 0 Å². The van der Waals surface area contributed by atoms with Gasteiger partial charge < -0.3 is 9.84 Å². The van der Waals surface area contributed by atoms with Crippen LogP contribution in [0.2, 0.25) is 0 Å². The van der Waals surface area contributed by atoms with E-state index in [0.29, 0.717) is 0 Å². The zero-order valence-electron chi connectivity index (χ0n) is 10.1. The molecule has 0 bridgehead atoms. The second-order valence-electron chi connectivity index (χ2n) is 5.28. The maximum absolute atomic E-state index is 9.49. The predicted octanol–water partition coefficient (Wildman–Crippen LogP) is 3.02. The van der Waals surface area contributed by atoms with Gasteiger partial charge in [-0.15, -0.1) is 0 Å². The Morgan fingerprint density at radius 2 is 1.88 bits per heavy atom. The highest BCUT2D eigenvalue weighted by Gasteiger charge is 2.32. The first-order chi connectivity index (χ1) is 8.40. The van der Waals surface area contributed by atoms with Crippen LogP contribution in [0.4, 0.5) is 0 Å². The van der Waals surface area contributed by atoms with Gasteiger partial charge in [-0.25, -0.2) is 0 Å². The molecule has 1 aliphatic carbocycles. The molecule has 1 aromatic rings. The summed E-state index contributed by atoms with van der Waals surface area (Å²) in [7, 11) is 0. The molecule has 1 aromatic carbocycles. The Hall–Kier alpha value is -0.860. The maximum atomic E-state index is 9.49. The quantitative estimate of drug-likeness (QED) is 0.868. The van der Waals surface area contributed by atoms with Crippen molar-refractivity contribution in [3.8, 4) is 0 Å². The Morgan fingerprint density at radius 1 is 1.12 bits per heavy atom. The van der Waals surface area contributed by atoms with E-state index in [0.717, 1.165) is 25.4 Å². The summed E-state index contributed by atoms with van der Waals surface area (Å²) < 4.78 is 5.93. The van der Waals surface area contributed by atoms with Gasteiger partial charge in [0.1, 0.15) is 0 Å². The Bertz CT molecular complexity index is 384. The van der Waals surface area contributed by atoms with Gasteiger partial charge in [-0.3, -0.25) is 0 Å². The Balaban J connectivity index is 1.90. The largest absolute Gasteiger partial charge is 0.396 e. The summed E-state index contributed by atoms with van der Waals surface area (Å²) in [5, 5.41) is 9.49. The molecule has 0 aromatic heterocycles. The number of aliphatic hydroxyl groups is 1. The van der Waals surface area contributed by atoms with E-state index in [-0.39, 0.29) is 18.6 Å².